The molecule has 0 unspecified atom stereocenters. The number of hydrogen-bond acceptors (Lipinski definition) is 1. The summed E-state index contributed by atoms with van der Waals surface area (Å²) in [6.07, 6.45) is 0.776. The molecular weight excluding hydrogens is 268 g/mol. The van der Waals surface area contributed by atoms with Gasteiger partial charge in [0.05, 0.1) is 0 Å². The first-order chi connectivity index (χ1) is 7.61. The fourth-order valence-corrected chi connectivity index (χ4v) is 2.64. The van der Waals surface area contributed by atoms with Crippen LogP contribution in [-0.2, 0) is 17.8 Å². The van der Waals surface area contributed by atoms with Crippen LogP contribution < -0.4 is 0 Å². The van der Waals surface area contributed by atoms with E-state index in [0.717, 1.165) is 17.5 Å². The van der Waals surface area contributed by atoms with Crippen LogP contribution in [0, 0.1) is 0 Å². The largest absolute Gasteiger partial charge is 0.337 e. The third-order valence-electron chi connectivity index (χ3n) is 2.72. The van der Waals surface area contributed by atoms with Gasteiger partial charge in [0.2, 0.25) is 5.91 Å². The van der Waals surface area contributed by atoms with Crippen molar-refractivity contribution in [1.82, 2.24) is 4.90 Å². The minimum atomic E-state index is -0.0571. The highest BCUT2D eigenvalue weighted by Gasteiger charge is 2.22. The van der Waals surface area contributed by atoms with Crippen molar-refractivity contribution in [3.05, 3.63) is 33.3 Å². The fraction of sp³-hybridized carbons (Fsp3) is 0.364. The van der Waals surface area contributed by atoms with Crippen LogP contribution in [0.5, 0.6) is 0 Å². The molecule has 1 aromatic carbocycles. The lowest BCUT2D eigenvalue weighted by molar-refractivity contribution is -0.129. The summed E-state index contributed by atoms with van der Waals surface area (Å²) in [5.74, 6) is -0.0427. The van der Waals surface area contributed by atoms with E-state index < -0.39 is 0 Å². The van der Waals surface area contributed by atoms with E-state index in [0.29, 0.717) is 23.1 Å². The summed E-state index contributed by atoms with van der Waals surface area (Å²) in [6.45, 7) is 1.20. The molecule has 0 saturated heterocycles. The summed E-state index contributed by atoms with van der Waals surface area (Å²) >= 11 is 17.6. The van der Waals surface area contributed by atoms with Crippen LogP contribution in [0.15, 0.2) is 12.1 Å². The average Bonchev–Trinajstić information content (AvgIpc) is 2.27. The zero-order valence-electron chi connectivity index (χ0n) is 8.47. The van der Waals surface area contributed by atoms with E-state index >= 15 is 0 Å². The minimum Gasteiger partial charge on any atom is -0.337 e. The number of hydrogen-bond donors (Lipinski definition) is 0. The third kappa shape index (κ3) is 2.29. The van der Waals surface area contributed by atoms with Gasteiger partial charge in [-0.3, -0.25) is 4.79 Å². The molecule has 0 fully saturated rings. The second-order valence-corrected chi connectivity index (χ2v) is 4.84. The van der Waals surface area contributed by atoms with E-state index in [2.05, 4.69) is 0 Å². The van der Waals surface area contributed by atoms with E-state index in [9.17, 15) is 4.79 Å². The van der Waals surface area contributed by atoms with Crippen LogP contribution in [0.1, 0.15) is 11.1 Å². The maximum atomic E-state index is 11.5. The maximum Gasteiger partial charge on any atom is 0.237 e. The van der Waals surface area contributed by atoms with Gasteiger partial charge in [0.15, 0.2) is 0 Å². The number of amides is 1. The summed E-state index contributed by atoms with van der Waals surface area (Å²) in [5, 5.41) is 1.26. The number of benzene rings is 1. The van der Waals surface area contributed by atoms with Crippen LogP contribution in [0.3, 0.4) is 0 Å². The average molecular weight is 279 g/mol. The molecule has 0 aliphatic carbocycles. The fourth-order valence-electron chi connectivity index (χ4n) is 1.88. The second kappa shape index (κ2) is 4.82. The Morgan fingerprint density at radius 3 is 2.81 bits per heavy atom. The Kier molecular flexibility index (Phi) is 3.63. The Balaban J connectivity index is 2.30. The van der Waals surface area contributed by atoms with Crippen molar-refractivity contribution in [1.29, 1.82) is 0 Å². The summed E-state index contributed by atoms with van der Waals surface area (Å²) < 4.78 is 0. The lowest BCUT2D eigenvalue weighted by Gasteiger charge is -2.29. The molecule has 0 atom stereocenters. The molecule has 2 rings (SSSR count). The predicted molar refractivity (Wildman–Crippen MR) is 66.3 cm³/mol. The van der Waals surface area contributed by atoms with Crippen molar-refractivity contribution >= 4 is 40.7 Å². The van der Waals surface area contributed by atoms with Crippen molar-refractivity contribution in [2.24, 2.45) is 0 Å². The summed E-state index contributed by atoms with van der Waals surface area (Å²) in [7, 11) is 0. The van der Waals surface area contributed by atoms with Gasteiger partial charge in [0.25, 0.3) is 0 Å². The zero-order chi connectivity index (χ0) is 11.7. The van der Waals surface area contributed by atoms with Gasteiger partial charge in [-0.25, -0.2) is 0 Å². The molecule has 2 nitrogen and oxygen atoms in total. The van der Waals surface area contributed by atoms with Crippen molar-refractivity contribution in [2.45, 2.75) is 13.0 Å². The van der Waals surface area contributed by atoms with Crippen molar-refractivity contribution < 1.29 is 4.79 Å². The lowest BCUT2D eigenvalue weighted by atomic mass is 10.00. The highest BCUT2D eigenvalue weighted by atomic mass is 35.5. The summed E-state index contributed by atoms with van der Waals surface area (Å²) in [4.78, 5) is 13.2. The SMILES string of the molecule is O=C(CCl)N1CCc2cc(Cl)cc(Cl)c2C1. The number of fused-ring (bicyclic) bond motifs is 1. The molecule has 0 radical (unpaired) electrons. The highest BCUT2D eigenvalue weighted by molar-refractivity contribution is 6.35. The number of carbonyl (C=O) groups excluding carboxylic acids is 1. The summed E-state index contributed by atoms with van der Waals surface area (Å²) in [6, 6.07) is 3.61. The molecule has 0 saturated carbocycles. The number of nitrogens with zero attached hydrogens (tertiary/aromatic N) is 1. The zero-order valence-corrected chi connectivity index (χ0v) is 10.7. The molecule has 1 amide bonds. The van der Waals surface area contributed by atoms with Gasteiger partial charge in [-0.05, 0) is 29.7 Å². The quantitative estimate of drug-likeness (QED) is 0.723. The molecule has 0 bridgehead atoms. The predicted octanol–water partition coefficient (Wildman–Crippen LogP) is 3.12. The van der Waals surface area contributed by atoms with Crippen LogP contribution in [0.4, 0.5) is 0 Å². The van der Waals surface area contributed by atoms with Crippen LogP contribution >= 0.6 is 34.8 Å². The van der Waals surface area contributed by atoms with E-state index in [1.165, 1.54) is 0 Å². The van der Waals surface area contributed by atoms with Gasteiger partial charge in [-0.15, -0.1) is 11.6 Å². The Hall–Kier alpha value is -0.440. The van der Waals surface area contributed by atoms with Gasteiger partial charge < -0.3 is 4.90 Å². The van der Waals surface area contributed by atoms with Crippen LogP contribution in [0.25, 0.3) is 0 Å². The van der Waals surface area contributed by atoms with E-state index in [-0.39, 0.29) is 11.8 Å². The second-order valence-electron chi connectivity index (χ2n) is 3.72. The van der Waals surface area contributed by atoms with Crippen LogP contribution in [-0.4, -0.2) is 23.2 Å². The number of halogens is 3. The molecular formula is C11H10Cl3NO. The van der Waals surface area contributed by atoms with Gasteiger partial charge in [-0.2, -0.15) is 0 Å². The highest BCUT2D eigenvalue weighted by Crippen LogP contribution is 2.29. The first kappa shape index (κ1) is 12.0. The molecule has 16 heavy (non-hydrogen) atoms. The van der Waals surface area contributed by atoms with Crippen LogP contribution in [0.2, 0.25) is 10.0 Å². The van der Waals surface area contributed by atoms with Crippen molar-refractivity contribution in [2.75, 3.05) is 12.4 Å². The first-order valence-electron chi connectivity index (χ1n) is 4.92. The number of carbonyl (C=O) groups is 1. The van der Waals surface area contributed by atoms with Gasteiger partial charge >= 0.3 is 0 Å². The maximum absolute atomic E-state index is 11.5. The molecule has 5 heteroatoms. The van der Waals surface area contributed by atoms with Crippen molar-refractivity contribution in [3.8, 4) is 0 Å². The van der Waals surface area contributed by atoms with Gasteiger partial charge in [-0.1, -0.05) is 23.2 Å². The Morgan fingerprint density at radius 2 is 2.12 bits per heavy atom. The van der Waals surface area contributed by atoms with Gasteiger partial charge in [0.1, 0.15) is 5.88 Å². The molecule has 0 aromatic heterocycles. The molecule has 0 N–H and O–H groups in total. The molecule has 1 aliphatic rings. The number of rotatable bonds is 1. The van der Waals surface area contributed by atoms with E-state index in [1.54, 1.807) is 11.0 Å². The lowest BCUT2D eigenvalue weighted by Crippen LogP contribution is -2.36. The molecule has 0 spiro atoms. The topological polar surface area (TPSA) is 20.3 Å². The number of alkyl halides is 1. The smallest absolute Gasteiger partial charge is 0.237 e. The molecule has 1 heterocycles. The van der Waals surface area contributed by atoms with E-state index in [4.69, 9.17) is 34.8 Å². The Bertz CT molecular complexity index is 433. The Labute approximate surface area is 109 Å². The molecule has 86 valence electrons. The standard InChI is InChI=1S/C11H10Cl3NO/c12-5-11(16)15-2-1-7-3-8(13)4-10(14)9(7)6-15/h3-4H,1-2,5-6H2. The summed E-state index contributed by atoms with van der Waals surface area (Å²) in [5.41, 5.74) is 2.10. The Morgan fingerprint density at radius 1 is 1.38 bits per heavy atom. The monoisotopic (exact) mass is 277 g/mol. The first-order valence-corrected chi connectivity index (χ1v) is 6.21. The third-order valence-corrected chi connectivity index (χ3v) is 3.50. The molecule has 1 aromatic rings. The normalized spacial score (nSPS) is 14.8. The van der Waals surface area contributed by atoms with Gasteiger partial charge in [0, 0.05) is 23.1 Å². The van der Waals surface area contributed by atoms with E-state index in [1.807, 2.05) is 6.07 Å². The minimum absolute atomic E-state index is 0.0144. The van der Waals surface area contributed by atoms with Crippen molar-refractivity contribution in [3.63, 3.8) is 0 Å². The molecule has 1 aliphatic heterocycles.